The lowest BCUT2D eigenvalue weighted by Crippen LogP contribution is -2.44. The number of hydrogen-bond acceptors (Lipinski definition) is 5. The van der Waals surface area contributed by atoms with Crippen molar-refractivity contribution in [3.05, 3.63) is 74.2 Å². The van der Waals surface area contributed by atoms with Gasteiger partial charge in [0.1, 0.15) is 6.54 Å². The average molecular weight is 384 g/mol. The number of nitrogens with zero attached hydrogens (tertiary/aromatic N) is 2. The maximum atomic E-state index is 12.6. The van der Waals surface area contributed by atoms with Crippen LogP contribution < -0.4 is 16.4 Å². The molecule has 9 nitrogen and oxygen atoms in total. The van der Waals surface area contributed by atoms with Gasteiger partial charge in [-0.1, -0.05) is 6.07 Å². The second kappa shape index (κ2) is 7.68. The first-order valence-electron chi connectivity index (χ1n) is 7.19. The topological polar surface area (TPSA) is 123 Å². The van der Waals surface area contributed by atoms with Crippen LogP contribution in [0.15, 0.2) is 47.4 Å². The van der Waals surface area contributed by atoms with Crippen LogP contribution in [0.1, 0.15) is 15.9 Å². The minimum absolute atomic E-state index is 0.124. The minimum Gasteiger partial charge on any atom is -0.305 e. The van der Waals surface area contributed by atoms with E-state index in [2.05, 4.69) is 0 Å². The van der Waals surface area contributed by atoms with Crippen LogP contribution in [0.2, 0.25) is 0 Å². The van der Waals surface area contributed by atoms with Crippen LogP contribution in [0.4, 0.5) is 18.9 Å². The van der Waals surface area contributed by atoms with Gasteiger partial charge in [0.15, 0.2) is 0 Å². The first kappa shape index (κ1) is 19.6. The summed E-state index contributed by atoms with van der Waals surface area (Å²) in [5.74, 6) is -1.86. The molecule has 1 heterocycles. The molecule has 0 fully saturated rings. The number of hydrogen-bond donors (Lipinski definition) is 2. The molecular formula is C15H11F3N4O5. The van der Waals surface area contributed by atoms with E-state index in [9.17, 15) is 37.7 Å². The SMILES string of the molecule is O=C(Cn1cc(C(F)(F)F)ccc1=O)NNC(=O)c1cccc([N+](=O)[O-])c1. The van der Waals surface area contributed by atoms with E-state index in [1.54, 1.807) is 0 Å². The Balaban J connectivity index is 2.03. The first-order valence-corrected chi connectivity index (χ1v) is 7.19. The van der Waals surface area contributed by atoms with Crippen molar-refractivity contribution >= 4 is 17.5 Å². The number of rotatable bonds is 4. The summed E-state index contributed by atoms with van der Waals surface area (Å²) in [7, 11) is 0. The number of benzene rings is 1. The van der Waals surface area contributed by atoms with Crippen LogP contribution in [-0.2, 0) is 17.5 Å². The van der Waals surface area contributed by atoms with E-state index in [-0.39, 0.29) is 11.3 Å². The van der Waals surface area contributed by atoms with E-state index in [0.717, 1.165) is 12.1 Å². The number of carbonyl (C=O) groups is 2. The lowest BCUT2D eigenvalue weighted by molar-refractivity contribution is -0.384. The number of amides is 2. The third-order valence-corrected chi connectivity index (χ3v) is 3.26. The predicted octanol–water partition coefficient (Wildman–Crippen LogP) is 1.24. The van der Waals surface area contributed by atoms with Crippen molar-refractivity contribution in [1.82, 2.24) is 15.4 Å². The van der Waals surface area contributed by atoms with E-state index < -0.39 is 40.6 Å². The highest BCUT2D eigenvalue weighted by Gasteiger charge is 2.31. The van der Waals surface area contributed by atoms with Gasteiger partial charge in [0.2, 0.25) is 0 Å². The van der Waals surface area contributed by atoms with Gasteiger partial charge >= 0.3 is 6.18 Å². The zero-order valence-electron chi connectivity index (χ0n) is 13.3. The quantitative estimate of drug-likeness (QED) is 0.606. The van der Waals surface area contributed by atoms with Gasteiger partial charge in [0.05, 0.1) is 10.5 Å². The molecule has 0 atom stereocenters. The van der Waals surface area contributed by atoms with Crippen LogP contribution in [0.5, 0.6) is 0 Å². The minimum atomic E-state index is -4.69. The molecule has 0 bridgehead atoms. The molecule has 142 valence electrons. The van der Waals surface area contributed by atoms with Gasteiger partial charge in [-0.3, -0.25) is 35.3 Å². The summed E-state index contributed by atoms with van der Waals surface area (Å²) in [6.45, 7) is -0.780. The Bertz CT molecular complexity index is 955. The predicted molar refractivity (Wildman–Crippen MR) is 84.4 cm³/mol. The number of hydrazine groups is 1. The molecule has 12 heteroatoms. The van der Waals surface area contributed by atoms with Crippen LogP contribution >= 0.6 is 0 Å². The Morgan fingerprint density at radius 2 is 1.85 bits per heavy atom. The Labute approximate surface area is 148 Å². The Morgan fingerprint density at radius 1 is 1.15 bits per heavy atom. The zero-order valence-corrected chi connectivity index (χ0v) is 13.3. The summed E-state index contributed by atoms with van der Waals surface area (Å²) < 4.78 is 38.5. The van der Waals surface area contributed by atoms with Gasteiger partial charge in [-0.25, -0.2) is 0 Å². The molecule has 0 radical (unpaired) electrons. The maximum Gasteiger partial charge on any atom is 0.417 e. The molecule has 1 aromatic carbocycles. The normalized spacial score (nSPS) is 10.9. The average Bonchev–Trinajstić information content (AvgIpc) is 2.60. The molecular weight excluding hydrogens is 373 g/mol. The zero-order chi connectivity index (χ0) is 20.2. The summed E-state index contributed by atoms with van der Waals surface area (Å²) in [6, 6.07) is 5.90. The summed E-state index contributed by atoms with van der Waals surface area (Å²) in [5, 5.41) is 10.7. The summed E-state index contributed by atoms with van der Waals surface area (Å²) in [4.78, 5) is 45.1. The van der Waals surface area contributed by atoms with Crippen LogP contribution in [-0.4, -0.2) is 21.3 Å². The van der Waals surface area contributed by atoms with Gasteiger partial charge < -0.3 is 4.57 Å². The fourth-order valence-corrected chi connectivity index (χ4v) is 1.98. The number of pyridine rings is 1. The van der Waals surface area contributed by atoms with Gasteiger partial charge in [0, 0.05) is 30.0 Å². The highest BCUT2D eigenvalue weighted by Crippen LogP contribution is 2.27. The molecule has 0 spiro atoms. The van der Waals surface area contributed by atoms with E-state index in [4.69, 9.17) is 0 Å². The summed E-state index contributed by atoms with van der Waals surface area (Å²) in [5.41, 5.74) is 1.44. The van der Waals surface area contributed by atoms with Crippen molar-refractivity contribution in [2.75, 3.05) is 0 Å². The molecule has 0 saturated heterocycles. The van der Waals surface area contributed by atoms with Gasteiger partial charge in [-0.2, -0.15) is 13.2 Å². The fraction of sp³-hybridized carbons (Fsp3) is 0.133. The standard InChI is InChI=1S/C15H11F3N4O5/c16-15(17,18)10-4-5-13(24)21(7-10)8-12(23)19-20-14(25)9-2-1-3-11(6-9)22(26)27/h1-7H,8H2,(H,19,23)(H,20,25). The number of nitrogens with one attached hydrogen (secondary N) is 2. The molecule has 0 unspecified atom stereocenters. The molecule has 0 aliphatic carbocycles. The van der Waals surface area contributed by atoms with Crippen molar-refractivity contribution < 1.29 is 27.7 Å². The second-order valence-electron chi connectivity index (χ2n) is 5.19. The molecule has 2 amide bonds. The number of non-ortho nitro benzene ring substituents is 1. The Kier molecular flexibility index (Phi) is 5.58. The molecule has 2 N–H and O–H groups in total. The maximum absolute atomic E-state index is 12.6. The van der Waals surface area contributed by atoms with Crippen molar-refractivity contribution in [2.24, 2.45) is 0 Å². The molecule has 1 aromatic heterocycles. The monoisotopic (exact) mass is 384 g/mol. The number of aromatic nitrogens is 1. The lowest BCUT2D eigenvalue weighted by atomic mass is 10.2. The van der Waals surface area contributed by atoms with E-state index >= 15 is 0 Å². The molecule has 0 aliphatic rings. The lowest BCUT2D eigenvalue weighted by Gasteiger charge is -2.11. The highest BCUT2D eigenvalue weighted by molar-refractivity contribution is 5.95. The Morgan fingerprint density at radius 3 is 2.48 bits per heavy atom. The third kappa shape index (κ3) is 5.14. The van der Waals surface area contributed by atoms with Crippen molar-refractivity contribution in [3.63, 3.8) is 0 Å². The van der Waals surface area contributed by atoms with Gasteiger partial charge in [0.25, 0.3) is 23.1 Å². The van der Waals surface area contributed by atoms with Crippen molar-refractivity contribution in [3.8, 4) is 0 Å². The number of halogens is 3. The number of nitro groups is 1. The van der Waals surface area contributed by atoms with Gasteiger partial charge in [-0.05, 0) is 12.1 Å². The van der Waals surface area contributed by atoms with E-state index in [0.29, 0.717) is 22.9 Å². The van der Waals surface area contributed by atoms with Crippen LogP contribution in [0.25, 0.3) is 0 Å². The Hall–Kier alpha value is -3.70. The third-order valence-electron chi connectivity index (χ3n) is 3.26. The van der Waals surface area contributed by atoms with Crippen LogP contribution in [0.3, 0.4) is 0 Å². The van der Waals surface area contributed by atoms with Crippen molar-refractivity contribution in [1.29, 1.82) is 0 Å². The first-order chi connectivity index (χ1) is 12.6. The molecule has 27 heavy (non-hydrogen) atoms. The van der Waals surface area contributed by atoms with E-state index in [1.807, 2.05) is 10.9 Å². The number of alkyl halides is 3. The molecule has 0 saturated carbocycles. The second-order valence-corrected chi connectivity index (χ2v) is 5.19. The summed E-state index contributed by atoms with van der Waals surface area (Å²) in [6.07, 6.45) is -4.22. The largest absolute Gasteiger partial charge is 0.417 e. The highest BCUT2D eigenvalue weighted by atomic mass is 19.4. The van der Waals surface area contributed by atoms with Crippen LogP contribution in [0, 0.1) is 10.1 Å². The van der Waals surface area contributed by atoms with E-state index in [1.165, 1.54) is 12.1 Å². The molecule has 0 aliphatic heterocycles. The molecule has 2 rings (SSSR count). The number of carbonyl (C=O) groups excluding carboxylic acids is 2. The van der Waals surface area contributed by atoms with Crippen molar-refractivity contribution in [2.45, 2.75) is 12.7 Å². The summed E-state index contributed by atoms with van der Waals surface area (Å²) >= 11 is 0. The smallest absolute Gasteiger partial charge is 0.305 e. The fourth-order valence-electron chi connectivity index (χ4n) is 1.98. The van der Waals surface area contributed by atoms with Gasteiger partial charge in [-0.15, -0.1) is 0 Å². The number of nitro benzene ring substituents is 1. The molecule has 2 aromatic rings.